The highest BCUT2D eigenvalue weighted by Gasteiger charge is 1.99. The van der Waals surface area contributed by atoms with Gasteiger partial charge in [-0.05, 0) is 24.3 Å². The summed E-state index contributed by atoms with van der Waals surface area (Å²) in [5.74, 6) is 0. The van der Waals surface area contributed by atoms with E-state index in [9.17, 15) is 0 Å². The minimum atomic E-state index is 0. The van der Waals surface area contributed by atoms with E-state index in [1.54, 1.807) is 18.2 Å². The van der Waals surface area contributed by atoms with Crippen LogP contribution in [0.1, 0.15) is 0 Å². The molecule has 0 heterocycles. The number of azo groups is 1. The van der Waals surface area contributed by atoms with Crippen molar-refractivity contribution in [1.29, 1.82) is 0 Å². The molecule has 0 aliphatic heterocycles. The molecule has 2 aromatic carbocycles. The normalized spacial score (nSPS) is 10.1. The number of nitrogens with two attached hydrogens (primary N) is 2. The summed E-state index contributed by atoms with van der Waals surface area (Å²) in [4.78, 5) is 0. The zero-order chi connectivity index (χ0) is 11.4. The minimum Gasteiger partial charge on any atom is -0.412 e. The largest absolute Gasteiger partial charge is 0.412 e. The molecule has 0 bridgehead atoms. The number of para-hydroxylation sites is 1. The van der Waals surface area contributed by atoms with Gasteiger partial charge in [0.1, 0.15) is 5.69 Å². The first-order chi connectivity index (χ1) is 7.77. The van der Waals surface area contributed by atoms with Crippen molar-refractivity contribution in [2.45, 2.75) is 0 Å². The first kappa shape index (κ1) is 12.7. The molecule has 0 unspecified atom stereocenters. The molecule has 6 N–H and O–H groups in total. The highest BCUT2D eigenvalue weighted by atomic mass is 16.0. The molecule has 0 aliphatic rings. The van der Waals surface area contributed by atoms with E-state index in [1.807, 2.05) is 30.3 Å². The first-order valence-electron chi connectivity index (χ1n) is 4.88. The summed E-state index contributed by atoms with van der Waals surface area (Å²) in [7, 11) is 0. The van der Waals surface area contributed by atoms with Crippen LogP contribution in [0.15, 0.2) is 58.8 Å². The van der Waals surface area contributed by atoms with Gasteiger partial charge in [0.05, 0.1) is 17.1 Å². The van der Waals surface area contributed by atoms with Crippen molar-refractivity contribution in [3.63, 3.8) is 0 Å². The Morgan fingerprint density at radius 3 is 2.18 bits per heavy atom. The Morgan fingerprint density at radius 2 is 1.47 bits per heavy atom. The van der Waals surface area contributed by atoms with Gasteiger partial charge in [0.15, 0.2) is 0 Å². The Balaban J connectivity index is 0.00000144. The minimum absolute atomic E-state index is 0. The number of nitrogen functional groups attached to an aromatic ring is 2. The third kappa shape index (κ3) is 3.02. The van der Waals surface area contributed by atoms with E-state index in [1.165, 1.54) is 0 Å². The lowest BCUT2D eigenvalue weighted by molar-refractivity contribution is 0.824. The van der Waals surface area contributed by atoms with Gasteiger partial charge in [-0.3, -0.25) is 0 Å². The summed E-state index contributed by atoms with van der Waals surface area (Å²) in [5, 5.41) is 8.12. The predicted molar refractivity (Wildman–Crippen MR) is 69.5 cm³/mol. The van der Waals surface area contributed by atoms with Crippen LogP contribution in [0.2, 0.25) is 0 Å². The highest BCUT2D eigenvalue weighted by Crippen LogP contribution is 2.28. The zero-order valence-electron chi connectivity index (χ0n) is 9.17. The summed E-state index contributed by atoms with van der Waals surface area (Å²) >= 11 is 0. The van der Waals surface area contributed by atoms with Crippen LogP contribution in [0.3, 0.4) is 0 Å². The topological polar surface area (TPSA) is 108 Å². The second-order valence-electron chi connectivity index (χ2n) is 3.32. The van der Waals surface area contributed by atoms with Gasteiger partial charge < -0.3 is 16.9 Å². The van der Waals surface area contributed by atoms with E-state index in [2.05, 4.69) is 10.2 Å². The van der Waals surface area contributed by atoms with Crippen molar-refractivity contribution >= 4 is 22.7 Å². The lowest BCUT2D eigenvalue weighted by Crippen LogP contribution is -1.93. The quantitative estimate of drug-likeness (QED) is 0.610. The van der Waals surface area contributed by atoms with Gasteiger partial charge in [0, 0.05) is 0 Å². The van der Waals surface area contributed by atoms with Crippen molar-refractivity contribution in [2.75, 3.05) is 11.5 Å². The average molecular weight is 230 g/mol. The molecular formula is C12H14N4O. The molecule has 2 rings (SSSR count). The molecule has 17 heavy (non-hydrogen) atoms. The molecule has 5 nitrogen and oxygen atoms in total. The molecular weight excluding hydrogens is 216 g/mol. The summed E-state index contributed by atoms with van der Waals surface area (Å²) in [6, 6.07) is 14.8. The lowest BCUT2D eigenvalue weighted by Gasteiger charge is -2.01. The zero-order valence-corrected chi connectivity index (χ0v) is 9.17. The fourth-order valence-electron chi connectivity index (χ4n) is 1.26. The molecule has 5 heteroatoms. The van der Waals surface area contributed by atoms with Gasteiger partial charge in [-0.1, -0.05) is 24.3 Å². The van der Waals surface area contributed by atoms with Gasteiger partial charge in [-0.25, -0.2) is 0 Å². The van der Waals surface area contributed by atoms with Crippen molar-refractivity contribution in [3.05, 3.63) is 48.5 Å². The maximum absolute atomic E-state index is 5.77. The second-order valence-corrected chi connectivity index (χ2v) is 3.32. The van der Waals surface area contributed by atoms with Crippen LogP contribution in [0.5, 0.6) is 0 Å². The van der Waals surface area contributed by atoms with Gasteiger partial charge in [-0.15, -0.1) is 5.11 Å². The number of hydrogen-bond donors (Lipinski definition) is 2. The predicted octanol–water partition coefficient (Wildman–Crippen LogP) is 2.44. The van der Waals surface area contributed by atoms with Crippen LogP contribution in [0, 0.1) is 0 Å². The van der Waals surface area contributed by atoms with Gasteiger partial charge >= 0.3 is 0 Å². The van der Waals surface area contributed by atoms with E-state index >= 15 is 0 Å². The Hall–Kier alpha value is -2.40. The number of hydrogen-bond acceptors (Lipinski definition) is 4. The molecule has 0 fully saturated rings. The summed E-state index contributed by atoms with van der Waals surface area (Å²) in [5.41, 5.74) is 13.8. The van der Waals surface area contributed by atoms with Crippen molar-refractivity contribution < 1.29 is 5.48 Å². The van der Waals surface area contributed by atoms with Crippen LogP contribution in [-0.4, -0.2) is 5.48 Å². The van der Waals surface area contributed by atoms with Crippen LogP contribution in [-0.2, 0) is 0 Å². The number of nitrogens with zero attached hydrogens (tertiary/aromatic N) is 2. The fourth-order valence-corrected chi connectivity index (χ4v) is 1.26. The van der Waals surface area contributed by atoms with Crippen molar-refractivity contribution in [2.24, 2.45) is 10.2 Å². The molecule has 0 aliphatic carbocycles. The molecule has 0 spiro atoms. The van der Waals surface area contributed by atoms with Gasteiger partial charge in [0.25, 0.3) is 0 Å². The molecule has 0 radical (unpaired) electrons. The van der Waals surface area contributed by atoms with Gasteiger partial charge in [0.2, 0.25) is 0 Å². The van der Waals surface area contributed by atoms with E-state index in [4.69, 9.17) is 11.5 Å². The van der Waals surface area contributed by atoms with Crippen LogP contribution < -0.4 is 11.5 Å². The molecule has 0 amide bonds. The third-order valence-corrected chi connectivity index (χ3v) is 2.15. The standard InChI is InChI=1S/C12H12N4.H2O/c13-10-7-4-8-11(12(10)14)16-15-9-5-2-1-3-6-9;/h1-8H,13-14H2;1H2. The summed E-state index contributed by atoms with van der Waals surface area (Å²) < 4.78 is 0. The first-order valence-corrected chi connectivity index (χ1v) is 4.88. The van der Waals surface area contributed by atoms with Gasteiger partial charge in [-0.2, -0.15) is 5.11 Å². The van der Waals surface area contributed by atoms with Crippen molar-refractivity contribution in [3.8, 4) is 0 Å². The Labute approximate surface area is 99.1 Å². The highest BCUT2D eigenvalue weighted by molar-refractivity contribution is 5.76. The molecule has 0 atom stereocenters. The number of anilines is 2. The Morgan fingerprint density at radius 1 is 0.765 bits per heavy atom. The maximum Gasteiger partial charge on any atom is 0.111 e. The number of benzene rings is 2. The Bertz CT molecular complexity index is 511. The molecule has 0 saturated carbocycles. The smallest absolute Gasteiger partial charge is 0.111 e. The maximum atomic E-state index is 5.77. The SMILES string of the molecule is Nc1cccc(N=Nc2ccccc2)c1N.O. The van der Waals surface area contributed by atoms with Crippen molar-refractivity contribution in [1.82, 2.24) is 0 Å². The fraction of sp³-hybridized carbons (Fsp3) is 0. The molecule has 0 saturated heterocycles. The second kappa shape index (κ2) is 5.62. The van der Waals surface area contributed by atoms with E-state index < -0.39 is 0 Å². The number of rotatable bonds is 2. The molecule has 0 aromatic heterocycles. The van der Waals surface area contributed by atoms with E-state index in [-0.39, 0.29) is 5.48 Å². The summed E-state index contributed by atoms with van der Waals surface area (Å²) in [6.45, 7) is 0. The third-order valence-electron chi connectivity index (χ3n) is 2.15. The van der Waals surface area contributed by atoms with Crippen LogP contribution >= 0.6 is 0 Å². The molecule has 88 valence electrons. The summed E-state index contributed by atoms with van der Waals surface area (Å²) in [6.07, 6.45) is 0. The van der Waals surface area contributed by atoms with E-state index in [0.717, 1.165) is 5.69 Å². The lowest BCUT2D eigenvalue weighted by atomic mass is 10.2. The monoisotopic (exact) mass is 230 g/mol. The van der Waals surface area contributed by atoms with Crippen LogP contribution in [0.4, 0.5) is 22.7 Å². The van der Waals surface area contributed by atoms with E-state index in [0.29, 0.717) is 17.1 Å². The van der Waals surface area contributed by atoms with Crippen LogP contribution in [0.25, 0.3) is 0 Å². The Kier molecular flexibility index (Phi) is 4.19. The average Bonchev–Trinajstić information content (AvgIpc) is 2.32. The molecule has 2 aromatic rings.